The monoisotopic (exact) mass is 370 g/mol. The van der Waals surface area contributed by atoms with Crippen LogP contribution in [0.5, 0.6) is 0 Å². The summed E-state index contributed by atoms with van der Waals surface area (Å²) in [5.74, 6) is 1.09. The lowest BCUT2D eigenvalue weighted by atomic mass is 10.1. The lowest BCUT2D eigenvalue weighted by molar-refractivity contribution is 0.538. The Morgan fingerprint density at radius 3 is 2.31 bits per heavy atom. The highest BCUT2D eigenvalue weighted by Crippen LogP contribution is 2.22. The molecule has 0 saturated carbocycles. The van der Waals surface area contributed by atoms with Crippen molar-refractivity contribution in [3.8, 4) is 11.5 Å². The largest absolute Gasteiger partial charge is 0.441 e. The zero-order chi connectivity index (χ0) is 18.9. The van der Waals surface area contributed by atoms with Crippen LogP contribution in [0.4, 0.5) is 0 Å². The van der Waals surface area contributed by atoms with Gasteiger partial charge in [-0.25, -0.2) is 18.1 Å². The van der Waals surface area contributed by atoms with Crippen LogP contribution in [0.1, 0.15) is 28.1 Å². The third kappa shape index (κ3) is 3.86. The number of benzene rings is 2. The quantitative estimate of drug-likeness (QED) is 0.735. The van der Waals surface area contributed by atoms with E-state index in [9.17, 15) is 8.42 Å². The molecule has 2 aromatic carbocycles. The van der Waals surface area contributed by atoms with Crippen LogP contribution >= 0.6 is 0 Å². The van der Waals surface area contributed by atoms with E-state index >= 15 is 0 Å². The van der Waals surface area contributed by atoms with Crippen LogP contribution in [0.15, 0.2) is 51.8 Å². The molecule has 5 nitrogen and oxygen atoms in total. The van der Waals surface area contributed by atoms with Crippen LogP contribution in [0.3, 0.4) is 0 Å². The molecule has 0 atom stereocenters. The summed E-state index contributed by atoms with van der Waals surface area (Å²) >= 11 is 0. The van der Waals surface area contributed by atoms with Crippen molar-refractivity contribution in [2.24, 2.45) is 0 Å². The standard InChI is InChI=1S/C20H22N2O3S/c1-13-5-8-17(9-6-13)20-22-19(16(4)25-20)12-21-26(23,24)18-10-7-14(2)15(3)11-18/h5-11,21H,12H2,1-4H3. The van der Waals surface area contributed by atoms with Gasteiger partial charge in [0.2, 0.25) is 15.9 Å². The molecule has 3 aromatic rings. The van der Waals surface area contributed by atoms with Crippen LogP contribution in [0, 0.1) is 27.7 Å². The highest BCUT2D eigenvalue weighted by molar-refractivity contribution is 7.89. The molecule has 0 unspecified atom stereocenters. The smallest absolute Gasteiger partial charge is 0.240 e. The lowest BCUT2D eigenvalue weighted by Gasteiger charge is -2.08. The average Bonchev–Trinajstić information content (AvgIpc) is 2.97. The van der Waals surface area contributed by atoms with Gasteiger partial charge in [-0.15, -0.1) is 0 Å². The Balaban J connectivity index is 1.79. The highest BCUT2D eigenvalue weighted by atomic mass is 32.2. The molecule has 1 aromatic heterocycles. The van der Waals surface area contributed by atoms with Gasteiger partial charge in [0, 0.05) is 5.56 Å². The number of nitrogens with one attached hydrogen (secondary N) is 1. The topological polar surface area (TPSA) is 72.2 Å². The van der Waals surface area contributed by atoms with E-state index in [1.165, 1.54) is 0 Å². The number of aryl methyl sites for hydroxylation is 4. The second kappa shape index (κ2) is 7.05. The van der Waals surface area contributed by atoms with E-state index in [0.717, 1.165) is 22.3 Å². The Kier molecular flexibility index (Phi) is 4.98. The molecule has 136 valence electrons. The predicted octanol–water partition coefficient (Wildman–Crippen LogP) is 4.05. The van der Waals surface area contributed by atoms with Crippen molar-refractivity contribution in [1.82, 2.24) is 9.71 Å². The summed E-state index contributed by atoms with van der Waals surface area (Å²) in [6.45, 7) is 7.72. The predicted molar refractivity (Wildman–Crippen MR) is 101 cm³/mol. The van der Waals surface area contributed by atoms with Crippen LogP contribution in [-0.4, -0.2) is 13.4 Å². The number of oxazole rings is 1. The van der Waals surface area contributed by atoms with Gasteiger partial charge < -0.3 is 4.42 Å². The second-order valence-electron chi connectivity index (χ2n) is 6.46. The maximum atomic E-state index is 12.5. The van der Waals surface area contributed by atoms with Gasteiger partial charge in [-0.05, 0) is 63.1 Å². The fourth-order valence-electron chi connectivity index (χ4n) is 2.54. The molecule has 1 heterocycles. The van der Waals surface area contributed by atoms with Gasteiger partial charge >= 0.3 is 0 Å². The molecule has 0 bridgehead atoms. The maximum Gasteiger partial charge on any atom is 0.240 e. The summed E-state index contributed by atoms with van der Waals surface area (Å²) in [5, 5.41) is 0. The molecule has 0 aliphatic carbocycles. The lowest BCUT2D eigenvalue weighted by Crippen LogP contribution is -2.23. The number of aromatic nitrogens is 1. The normalized spacial score (nSPS) is 11.7. The Labute approximate surface area is 154 Å². The van der Waals surface area contributed by atoms with Crippen LogP contribution in [0.2, 0.25) is 0 Å². The number of nitrogens with zero attached hydrogens (tertiary/aromatic N) is 1. The van der Waals surface area contributed by atoms with Gasteiger partial charge in [0.25, 0.3) is 0 Å². The number of rotatable bonds is 5. The van der Waals surface area contributed by atoms with E-state index < -0.39 is 10.0 Å². The first-order chi connectivity index (χ1) is 12.3. The molecule has 6 heteroatoms. The molecule has 0 spiro atoms. The van der Waals surface area contributed by atoms with Crippen molar-refractivity contribution in [3.63, 3.8) is 0 Å². The summed E-state index contributed by atoms with van der Waals surface area (Å²) in [5.41, 5.74) is 4.58. The first kappa shape index (κ1) is 18.4. The third-order valence-corrected chi connectivity index (χ3v) is 5.81. The van der Waals surface area contributed by atoms with Gasteiger partial charge in [-0.3, -0.25) is 0 Å². The minimum atomic E-state index is -3.61. The van der Waals surface area contributed by atoms with Crippen molar-refractivity contribution in [2.45, 2.75) is 39.1 Å². The summed E-state index contributed by atoms with van der Waals surface area (Å²) < 4.78 is 33.4. The minimum absolute atomic E-state index is 0.0798. The zero-order valence-electron chi connectivity index (χ0n) is 15.3. The van der Waals surface area contributed by atoms with E-state index in [0.29, 0.717) is 17.3 Å². The van der Waals surface area contributed by atoms with Crippen molar-refractivity contribution < 1.29 is 12.8 Å². The second-order valence-corrected chi connectivity index (χ2v) is 8.23. The number of sulfonamides is 1. The summed E-state index contributed by atoms with van der Waals surface area (Å²) in [6.07, 6.45) is 0. The molecule has 0 aliphatic rings. The van der Waals surface area contributed by atoms with Gasteiger partial charge in [0.15, 0.2) is 0 Å². The van der Waals surface area contributed by atoms with Gasteiger partial charge in [-0.1, -0.05) is 23.8 Å². The summed E-state index contributed by atoms with van der Waals surface area (Å²) in [4.78, 5) is 4.69. The maximum absolute atomic E-state index is 12.5. The molecule has 0 fully saturated rings. The molecule has 0 amide bonds. The van der Waals surface area contributed by atoms with Crippen LogP contribution in [0.25, 0.3) is 11.5 Å². The molecule has 1 N–H and O–H groups in total. The Bertz CT molecular complexity index is 1040. The Morgan fingerprint density at radius 1 is 0.962 bits per heavy atom. The van der Waals surface area contributed by atoms with Gasteiger partial charge in [0.1, 0.15) is 5.76 Å². The zero-order valence-corrected chi connectivity index (χ0v) is 16.1. The molecule has 0 aliphatic heterocycles. The Morgan fingerprint density at radius 2 is 1.65 bits per heavy atom. The number of hydrogen-bond donors (Lipinski definition) is 1. The first-order valence-electron chi connectivity index (χ1n) is 8.36. The third-order valence-electron chi connectivity index (χ3n) is 4.41. The molecular weight excluding hydrogens is 348 g/mol. The molecule has 26 heavy (non-hydrogen) atoms. The Hall–Kier alpha value is -2.44. The van der Waals surface area contributed by atoms with E-state index in [-0.39, 0.29) is 11.4 Å². The van der Waals surface area contributed by atoms with Crippen molar-refractivity contribution in [2.75, 3.05) is 0 Å². The fourth-order valence-corrected chi connectivity index (χ4v) is 3.61. The molecule has 0 saturated heterocycles. The van der Waals surface area contributed by atoms with Crippen LogP contribution in [-0.2, 0) is 16.6 Å². The van der Waals surface area contributed by atoms with Crippen molar-refractivity contribution >= 4 is 10.0 Å². The van der Waals surface area contributed by atoms with Crippen LogP contribution < -0.4 is 4.72 Å². The van der Waals surface area contributed by atoms with E-state index in [1.807, 2.05) is 45.0 Å². The van der Waals surface area contributed by atoms with Crippen molar-refractivity contribution in [1.29, 1.82) is 0 Å². The SMILES string of the molecule is Cc1ccc(-c2nc(CNS(=O)(=O)c3ccc(C)c(C)c3)c(C)o2)cc1. The molecule has 3 rings (SSSR count). The minimum Gasteiger partial charge on any atom is -0.441 e. The van der Waals surface area contributed by atoms with E-state index in [4.69, 9.17) is 4.42 Å². The molecule has 0 radical (unpaired) electrons. The van der Waals surface area contributed by atoms with E-state index in [1.54, 1.807) is 25.1 Å². The van der Waals surface area contributed by atoms with E-state index in [2.05, 4.69) is 9.71 Å². The summed E-state index contributed by atoms with van der Waals surface area (Å²) in [6, 6.07) is 12.9. The number of hydrogen-bond acceptors (Lipinski definition) is 4. The fraction of sp³-hybridized carbons (Fsp3) is 0.250. The van der Waals surface area contributed by atoms with Crippen molar-refractivity contribution in [3.05, 3.63) is 70.6 Å². The highest BCUT2D eigenvalue weighted by Gasteiger charge is 2.17. The summed E-state index contributed by atoms with van der Waals surface area (Å²) in [7, 11) is -3.61. The molecular formula is C20H22N2O3S. The first-order valence-corrected chi connectivity index (χ1v) is 9.85. The average molecular weight is 370 g/mol. The van der Waals surface area contributed by atoms with Gasteiger partial charge in [0.05, 0.1) is 17.1 Å². The van der Waals surface area contributed by atoms with Gasteiger partial charge in [-0.2, -0.15) is 0 Å².